The van der Waals surface area contributed by atoms with Crippen LogP contribution in [0.4, 0.5) is 0 Å². The number of sulfone groups is 1. The molecule has 144 valence electrons. The normalized spacial score (nSPS) is 17.2. The third-order valence-corrected chi connectivity index (χ3v) is 7.00. The van der Waals surface area contributed by atoms with Crippen LogP contribution in [0.5, 0.6) is 0 Å². The summed E-state index contributed by atoms with van der Waals surface area (Å²) in [6, 6.07) is 11.0. The van der Waals surface area contributed by atoms with Crippen molar-refractivity contribution >= 4 is 9.84 Å². The van der Waals surface area contributed by atoms with Gasteiger partial charge in [0.2, 0.25) is 0 Å². The smallest absolute Gasteiger partial charge is 0.254 e. The average Bonchev–Trinajstić information content (AvgIpc) is 3.55. The fraction of sp³-hybridized carbons (Fsp3) is 0.476. The number of hydrogen-bond acceptors (Lipinski definition) is 4. The van der Waals surface area contributed by atoms with E-state index in [2.05, 4.69) is 0 Å². The van der Waals surface area contributed by atoms with Crippen molar-refractivity contribution < 1.29 is 13.2 Å². The molecule has 2 aliphatic carbocycles. The van der Waals surface area contributed by atoms with Gasteiger partial charge in [0, 0.05) is 30.8 Å². The van der Waals surface area contributed by atoms with Gasteiger partial charge in [0.05, 0.1) is 17.3 Å². The van der Waals surface area contributed by atoms with Gasteiger partial charge in [-0.1, -0.05) is 24.3 Å². The maximum Gasteiger partial charge on any atom is 0.254 e. The van der Waals surface area contributed by atoms with Gasteiger partial charge in [-0.2, -0.15) is 0 Å². The van der Waals surface area contributed by atoms with E-state index in [9.17, 15) is 13.2 Å². The fourth-order valence-corrected chi connectivity index (χ4v) is 4.69. The Morgan fingerprint density at radius 1 is 1.00 bits per heavy atom. The minimum Gasteiger partial charge on any atom is -0.380 e. The molecule has 0 N–H and O–H groups in total. The summed E-state index contributed by atoms with van der Waals surface area (Å²) in [4.78, 5) is 13.0. The average molecular weight is 388 g/mol. The summed E-state index contributed by atoms with van der Waals surface area (Å²) in [5.74, 6) is 0.587. The molecule has 0 saturated heterocycles. The second-order valence-corrected chi connectivity index (χ2v) is 9.68. The van der Waals surface area contributed by atoms with E-state index in [-0.39, 0.29) is 17.9 Å². The molecule has 0 unspecified atom stereocenters. The van der Waals surface area contributed by atoms with Crippen LogP contribution in [0.25, 0.3) is 0 Å². The zero-order valence-electron chi connectivity index (χ0n) is 15.3. The lowest BCUT2D eigenvalue weighted by atomic mass is 10.1. The van der Waals surface area contributed by atoms with Crippen LogP contribution in [0.1, 0.15) is 42.9 Å². The molecule has 0 atom stereocenters. The Morgan fingerprint density at radius 2 is 1.74 bits per heavy atom. The molecule has 6 heteroatoms. The molecule has 4 rings (SSSR count). The van der Waals surface area contributed by atoms with Crippen molar-refractivity contribution in [2.45, 2.75) is 43.0 Å². The third-order valence-electron chi connectivity index (χ3n) is 5.23. The van der Waals surface area contributed by atoms with Crippen molar-refractivity contribution in [1.82, 2.24) is 4.57 Å². The second-order valence-electron chi connectivity index (χ2n) is 7.60. The van der Waals surface area contributed by atoms with Crippen molar-refractivity contribution in [3.8, 4) is 0 Å². The van der Waals surface area contributed by atoms with Gasteiger partial charge < -0.3 is 9.30 Å². The number of pyridine rings is 1. The molecule has 2 saturated carbocycles. The van der Waals surface area contributed by atoms with Crippen molar-refractivity contribution in [3.63, 3.8) is 0 Å². The Hall–Kier alpha value is -1.92. The van der Waals surface area contributed by atoms with Gasteiger partial charge in [-0.25, -0.2) is 8.42 Å². The lowest BCUT2D eigenvalue weighted by Crippen LogP contribution is -2.23. The monoisotopic (exact) mass is 387 g/mol. The van der Waals surface area contributed by atoms with E-state index in [0.29, 0.717) is 41.0 Å². The summed E-state index contributed by atoms with van der Waals surface area (Å²) in [6.45, 7) is 0.870. The first-order chi connectivity index (χ1) is 13.0. The number of ether oxygens (including phenoxy) is 1. The quantitative estimate of drug-likeness (QED) is 0.621. The fourth-order valence-electron chi connectivity index (χ4n) is 3.30. The van der Waals surface area contributed by atoms with E-state index in [1.165, 1.54) is 12.8 Å². The number of benzene rings is 1. The Kier molecular flexibility index (Phi) is 5.19. The summed E-state index contributed by atoms with van der Waals surface area (Å²) in [5, 5.41) is 0. The van der Waals surface area contributed by atoms with E-state index in [1.54, 1.807) is 28.8 Å². The standard InChI is InChI=1S/C21H25NO4S/c23-21-18(5-3-11-22(21)19-9-10-19)14-17-4-1-2-6-20(17)27(24,25)13-12-26-15-16-7-8-16/h1-6,11,16,19H,7-10,12-15H2. The highest BCUT2D eigenvalue weighted by Crippen LogP contribution is 2.33. The van der Waals surface area contributed by atoms with Crippen LogP contribution in [0, 0.1) is 5.92 Å². The maximum absolute atomic E-state index is 12.8. The number of aromatic nitrogens is 1. The van der Waals surface area contributed by atoms with Crippen LogP contribution in [0.15, 0.2) is 52.3 Å². The molecule has 2 aromatic rings. The minimum absolute atomic E-state index is 0.0139. The molecule has 0 aliphatic heterocycles. The number of rotatable bonds is 9. The van der Waals surface area contributed by atoms with Crippen molar-refractivity contribution in [1.29, 1.82) is 0 Å². The predicted octanol–water partition coefficient (Wildman–Crippen LogP) is 2.97. The van der Waals surface area contributed by atoms with Gasteiger partial charge in [0.15, 0.2) is 9.84 Å². The number of hydrogen-bond donors (Lipinski definition) is 0. The molecular weight excluding hydrogens is 362 g/mol. The van der Waals surface area contributed by atoms with E-state index >= 15 is 0 Å². The van der Waals surface area contributed by atoms with Crippen LogP contribution in [0.2, 0.25) is 0 Å². The molecule has 2 fully saturated rings. The highest BCUT2D eigenvalue weighted by Gasteiger charge is 2.26. The van der Waals surface area contributed by atoms with Gasteiger partial charge in [0.25, 0.3) is 5.56 Å². The van der Waals surface area contributed by atoms with Gasteiger partial charge in [-0.3, -0.25) is 4.79 Å². The highest BCUT2D eigenvalue weighted by molar-refractivity contribution is 7.91. The van der Waals surface area contributed by atoms with Crippen LogP contribution in [0.3, 0.4) is 0 Å². The SMILES string of the molecule is O=c1c(Cc2ccccc2S(=O)(=O)CCOCC2CC2)cccn1C1CC1. The van der Waals surface area contributed by atoms with Gasteiger partial charge in [0.1, 0.15) is 0 Å². The molecule has 0 bridgehead atoms. The molecule has 1 heterocycles. The lowest BCUT2D eigenvalue weighted by molar-refractivity contribution is 0.138. The second kappa shape index (κ2) is 7.60. The number of nitrogens with zero attached hydrogens (tertiary/aromatic N) is 1. The highest BCUT2D eigenvalue weighted by atomic mass is 32.2. The molecule has 0 spiro atoms. The first kappa shape index (κ1) is 18.4. The Labute approximate surface area is 159 Å². The summed E-state index contributed by atoms with van der Waals surface area (Å²) in [5.41, 5.74) is 1.29. The van der Waals surface area contributed by atoms with Crippen molar-refractivity contribution in [3.05, 3.63) is 64.1 Å². The predicted molar refractivity (Wildman–Crippen MR) is 104 cm³/mol. The Balaban J connectivity index is 1.52. The molecule has 0 amide bonds. The molecule has 5 nitrogen and oxygen atoms in total. The van der Waals surface area contributed by atoms with Crippen molar-refractivity contribution in [2.24, 2.45) is 5.92 Å². The third kappa shape index (κ3) is 4.50. The Morgan fingerprint density at radius 3 is 2.48 bits per heavy atom. The van der Waals surface area contributed by atoms with Crippen LogP contribution < -0.4 is 5.56 Å². The minimum atomic E-state index is -3.45. The van der Waals surface area contributed by atoms with E-state index in [1.807, 2.05) is 18.3 Å². The van der Waals surface area contributed by atoms with Gasteiger partial charge >= 0.3 is 0 Å². The van der Waals surface area contributed by atoms with Gasteiger partial charge in [-0.05, 0) is 49.3 Å². The zero-order valence-corrected chi connectivity index (χ0v) is 16.2. The molecule has 27 heavy (non-hydrogen) atoms. The summed E-state index contributed by atoms with van der Waals surface area (Å²) >= 11 is 0. The largest absolute Gasteiger partial charge is 0.380 e. The zero-order chi connectivity index (χ0) is 18.9. The van der Waals surface area contributed by atoms with Crippen molar-refractivity contribution in [2.75, 3.05) is 19.0 Å². The van der Waals surface area contributed by atoms with E-state index in [0.717, 1.165) is 12.8 Å². The molecule has 0 radical (unpaired) electrons. The van der Waals surface area contributed by atoms with Gasteiger partial charge in [-0.15, -0.1) is 0 Å². The Bertz CT molecular complexity index is 972. The van der Waals surface area contributed by atoms with E-state index < -0.39 is 9.84 Å². The first-order valence-corrected chi connectivity index (χ1v) is 11.3. The lowest BCUT2D eigenvalue weighted by Gasteiger charge is -2.12. The summed E-state index contributed by atoms with van der Waals surface area (Å²) in [6.07, 6.45) is 6.59. The van der Waals surface area contributed by atoms with E-state index in [4.69, 9.17) is 4.74 Å². The summed E-state index contributed by atoms with van der Waals surface area (Å²) in [7, 11) is -3.45. The molecule has 1 aromatic carbocycles. The first-order valence-electron chi connectivity index (χ1n) is 9.63. The molecule has 1 aromatic heterocycles. The molecule has 2 aliphatic rings. The maximum atomic E-state index is 12.8. The molecular formula is C21H25NO4S. The topological polar surface area (TPSA) is 65.4 Å². The van der Waals surface area contributed by atoms with Crippen LogP contribution in [-0.4, -0.2) is 32.0 Å². The van der Waals surface area contributed by atoms with Crippen LogP contribution in [-0.2, 0) is 21.0 Å². The summed E-state index contributed by atoms with van der Waals surface area (Å²) < 4.78 is 32.9. The van der Waals surface area contributed by atoms with Crippen LogP contribution >= 0.6 is 0 Å².